The highest BCUT2D eigenvalue weighted by Crippen LogP contribution is 2.21. The van der Waals surface area contributed by atoms with Crippen molar-refractivity contribution in [2.75, 3.05) is 0 Å². The summed E-state index contributed by atoms with van der Waals surface area (Å²) >= 11 is 8.79. The number of halogens is 3. The molecular weight excluding hydrogens is 326 g/mol. The van der Waals surface area contributed by atoms with Crippen molar-refractivity contribution in [1.82, 2.24) is 9.55 Å². The maximum absolute atomic E-state index is 13.8. The molecule has 18 heavy (non-hydrogen) atoms. The minimum Gasteiger partial charge on any atom is -0.297 e. The maximum atomic E-state index is 13.8. The normalized spacial score (nSPS) is 10.7. The lowest BCUT2D eigenvalue weighted by Crippen LogP contribution is -2.36. The number of hydrogen-bond acceptors (Lipinski definition) is 2. The molecule has 0 aliphatic carbocycles. The molecule has 7 heteroatoms. The Labute approximate surface area is 114 Å². The van der Waals surface area contributed by atoms with Crippen LogP contribution in [-0.4, -0.2) is 9.55 Å². The van der Waals surface area contributed by atoms with Gasteiger partial charge in [0, 0.05) is 4.47 Å². The van der Waals surface area contributed by atoms with Crippen LogP contribution in [0.2, 0.25) is 5.15 Å². The zero-order chi connectivity index (χ0) is 13.4. The fourth-order valence-electron chi connectivity index (χ4n) is 1.50. The van der Waals surface area contributed by atoms with Crippen LogP contribution in [0.25, 0.3) is 5.69 Å². The smallest absolute Gasteiger partial charge is 0.297 e. The molecule has 0 atom stereocenters. The molecule has 2 aromatic rings. The fourth-order valence-corrected chi connectivity index (χ4v) is 2.18. The first-order valence-electron chi connectivity index (χ1n) is 4.89. The highest BCUT2D eigenvalue weighted by atomic mass is 79.9. The molecule has 0 fully saturated rings. The Hall–Kier alpha value is -1.40. The van der Waals surface area contributed by atoms with Crippen LogP contribution in [0.1, 0.15) is 5.56 Å². The second kappa shape index (κ2) is 4.70. The number of hydrogen-bond donors (Lipinski definition) is 1. The minimum atomic E-state index is -0.790. The molecule has 0 aliphatic heterocycles. The Morgan fingerprint density at radius 3 is 2.67 bits per heavy atom. The van der Waals surface area contributed by atoms with Gasteiger partial charge in [0.15, 0.2) is 0 Å². The molecule has 2 rings (SSSR count). The van der Waals surface area contributed by atoms with E-state index in [0.717, 1.165) is 6.07 Å². The van der Waals surface area contributed by atoms with Crippen LogP contribution < -0.4 is 11.2 Å². The predicted molar refractivity (Wildman–Crippen MR) is 70.1 cm³/mol. The number of aromatic amines is 1. The first kappa shape index (κ1) is 13.0. The molecule has 0 saturated carbocycles. The molecule has 0 spiro atoms. The van der Waals surface area contributed by atoms with Gasteiger partial charge >= 0.3 is 5.69 Å². The van der Waals surface area contributed by atoms with Crippen molar-refractivity contribution in [3.8, 4) is 5.69 Å². The van der Waals surface area contributed by atoms with Crippen LogP contribution in [0.15, 0.2) is 32.3 Å². The number of benzene rings is 1. The van der Waals surface area contributed by atoms with Crippen molar-refractivity contribution in [2.24, 2.45) is 0 Å². The van der Waals surface area contributed by atoms with E-state index < -0.39 is 17.1 Å². The summed E-state index contributed by atoms with van der Waals surface area (Å²) in [6.45, 7) is 1.45. The first-order valence-corrected chi connectivity index (χ1v) is 6.06. The molecule has 1 aromatic heterocycles. The molecule has 0 unspecified atom stereocenters. The highest BCUT2D eigenvalue weighted by Gasteiger charge is 2.16. The third-order valence-corrected chi connectivity index (χ3v) is 3.45. The first-order chi connectivity index (χ1) is 8.43. The summed E-state index contributed by atoms with van der Waals surface area (Å²) in [6.07, 6.45) is 0. The zero-order valence-electron chi connectivity index (χ0n) is 9.13. The van der Waals surface area contributed by atoms with Gasteiger partial charge in [-0.15, -0.1) is 0 Å². The molecule has 94 valence electrons. The van der Waals surface area contributed by atoms with E-state index in [9.17, 15) is 14.0 Å². The third-order valence-electron chi connectivity index (χ3n) is 2.43. The molecule has 1 N–H and O–H groups in total. The number of para-hydroxylation sites is 1. The van der Waals surface area contributed by atoms with Gasteiger partial charge in [-0.2, -0.15) is 0 Å². The van der Waals surface area contributed by atoms with Gasteiger partial charge in [0.2, 0.25) is 0 Å². The Bertz CT molecular complexity index is 719. The Kier molecular flexibility index (Phi) is 3.41. The van der Waals surface area contributed by atoms with E-state index in [1.165, 1.54) is 19.1 Å². The molecule has 4 nitrogen and oxygen atoms in total. The monoisotopic (exact) mass is 332 g/mol. The van der Waals surface area contributed by atoms with Crippen molar-refractivity contribution < 1.29 is 4.39 Å². The van der Waals surface area contributed by atoms with E-state index >= 15 is 0 Å². The average molecular weight is 334 g/mol. The van der Waals surface area contributed by atoms with Crippen LogP contribution in [0.3, 0.4) is 0 Å². The summed E-state index contributed by atoms with van der Waals surface area (Å²) < 4.78 is 14.8. The van der Waals surface area contributed by atoms with Gasteiger partial charge in [-0.05, 0) is 35.0 Å². The highest BCUT2D eigenvalue weighted by molar-refractivity contribution is 9.10. The van der Waals surface area contributed by atoms with E-state index in [4.69, 9.17) is 11.6 Å². The lowest BCUT2D eigenvalue weighted by atomic mass is 10.3. The summed E-state index contributed by atoms with van der Waals surface area (Å²) in [5, 5.41) is -0.0475. The van der Waals surface area contributed by atoms with E-state index in [1.807, 2.05) is 0 Å². The van der Waals surface area contributed by atoms with E-state index in [-0.39, 0.29) is 16.4 Å². The second-order valence-corrected chi connectivity index (χ2v) is 4.81. The Morgan fingerprint density at radius 1 is 1.39 bits per heavy atom. The van der Waals surface area contributed by atoms with Crippen LogP contribution in [0.4, 0.5) is 4.39 Å². The fraction of sp³-hybridized carbons (Fsp3) is 0.0909. The van der Waals surface area contributed by atoms with Gasteiger partial charge in [-0.25, -0.2) is 13.8 Å². The van der Waals surface area contributed by atoms with Crippen molar-refractivity contribution in [2.45, 2.75) is 6.92 Å². The van der Waals surface area contributed by atoms with E-state index in [2.05, 4.69) is 20.9 Å². The molecule has 0 radical (unpaired) electrons. The molecule has 1 aromatic carbocycles. The van der Waals surface area contributed by atoms with Gasteiger partial charge < -0.3 is 0 Å². The summed E-state index contributed by atoms with van der Waals surface area (Å²) in [5.74, 6) is -0.682. The van der Waals surface area contributed by atoms with Crippen molar-refractivity contribution >= 4 is 27.5 Å². The summed E-state index contributed by atoms with van der Waals surface area (Å²) in [4.78, 5) is 26.0. The number of rotatable bonds is 1. The molecule has 0 amide bonds. The molecular formula is C11H7BrClFN2O2. The quantitative estimate of drug-likeness (QED) is 0.815. The van der Waals surface area contributed by atoms with Crippen molar-refractivity contribution in [1.29, 1.82) is 0 Å². The Balaban J connectivity index is 2.94. The topological polar surface area (TPSA) is 54.9 Å². The van der Waals surface area contributed by atoms with Crippen molar-refractivity contribution in [3.63, 3.8) is 0 Å². The summed E-state index contributed by atoms with van der Waals surface area (Å²) in [5.41, 5.74) is -1.44. The number of aromatic nitrogens is 2. The predicted octanol–water partition coefficient (Wildman–Crippen LogP) is 2.39. The standard InChI is InChI=1S/C11H7BrClFN2O2/c1-5-9(13)15-11(18)16(10(5)17)8-6(12)3-2-4-7(8)14/h2-4H,1H3,(H,15,18). The van der Waals surface area contributed by atoms with Gasteiger partial charge in [0.05, 0.1) is 5.56 Å². The van der Waals surface area contributed by atoms with Crippen LogP contribution in [-0.2, 0) is 0 Å². The number of nitrogens with one attached hydrogen (secondary N) is 1. The number of nitrogens with zero attached hydrogens (tertiary/aromatic N) is 1. The third kappa shape index (κ3) is 2.02. The number of H-pyrrole nitrogens is 1. The van der Waals surface area contributed by atoms with Gasteiger partial charge in [0.25, 0.3) is 5.56 Å². The van der Waals surface area contributed by atoms with Crippen molar-refractivity contribution in [3.05, 3.63) is 60.0 Å². The zero-order valence-corrected chi connectivity index (χ0v) is 11.5. The summed E-state index contributed by atoms with van der Waals surface area (Å²) in [7, 11) is 0. The summed E-state index contributed by atoms with van der Waals surface area (Å²) in [6, 6.07) is 4.16. The SMILES string of the molecule is Cc1c(Cl)[nH]c(=O)n(-c2c(F)cccc2Br)c1=O. The Morgan fingerprint density at radius 2 is 2.06 bits per heavy atom. The van der Waals surface area contributed by atoms with Gasteiger partial charge in [-0.3, -0.25) is 9.78 Å². The second-order valence-electron chi connectivity index (χ2n) is 3.58. The lowest BCUT2D eigenvalue weighted by Gasteiger charge is -2.09. The van der Waals surface area contributed by atoms with Crippen LogP contribution >= 0.6 is 27.5 Å². The van der Waals surface area contributed by atoms with Crippen LogP contribution in [0.5, 0.6) is 0 Å². The largest absolute Gasteiger partial charge is 0.334 e. The average Bonchev–Trinajstić information content (AvgIpc) is 2.30. The van der Waals surface area contributed by atoms with Crippen LogP contribution in [0, 0.1) is 12.7 Å². The molecule has 1 heterocycles. The van der Waals surface area contributed by atoms with E-state index in [0.29, 0.717) is 9.04 Å². The van der Waals surface area contributed by atoms with Gasteiger partial charge in [0.1, 0.15) is 16.7 Å². The lowest BCUT2D eigenvalue weighted by molar-refractivity contribution is 0.610. The molecule has 0 aliphatic rings. The van der Waals surface area contributed by atoms with E-state index in [1.54, 1.807) is 0 Å². The minimum absolute atomic E-state index is 0.0475. The maximum Gasteiger partial charge on any atom is 0.334 e. The van der Waals surface area contributed by atoms with Gasteiger partial charge in [-0.1, -0.05) is 17.7 Å². The molecule has 0 saturated heterocycles. The molecule has 0 bridgehead atoms.